The molecule has 0 aliphatic carbocycles. The Morgan fingerprint density at radius 1 is 0.970 bits per heavy atom. The van der Waals surface area contributed by atoms with Crippen molar-refractivity contribution >= 4 is 27.3 Å². The van der Waals surface area contributed by atoms with E-state index < -0.39 is 10.0 Å². The molecule has 0 atom stereocenters. The SMILES string of the molecule is CC(C)c1ccccc1N(CCCC(=O)Nc1ccc(Cc2ccncc2)cc1)S(C)(=O)=O. The van der Waals surface area contributed by atoms with Gasteiger partial charge in [0, 0.05) is 31.0 Å². The van der Waals surface area contributed by atoms with Crippen LogP contribution in [-0.2, 0) is 21.2 Å². The van der Waals surface area contributed by atoms with E-state index in [1.165, 1.54) is 16.1 Å². The number of amides is 1. The van der Waals surface area contributed by atoms with Crippen LogP contribution in [0, 0.1) is 0 Å². The zero-order chi connectivity index (χ0) is 23.8. The summed E-state index contributed by atoms with van der Waals surface area (Å²) in [7, 11) is -3.46. The lowest BCUT2D eigenvalue weighted by molar-refractivity contribution is -0.116. The molecule has 6 nitrogen and oxygen atoms in total. The lowest BCUT2D eigenvalue weighted by atomic mass is 10.0. The van der Waals surface area contributed by atoms with Crippen molar-refractivity contribution in [1.82, 2.24) is 4.98 Å². The Bertz CT molecular complexity index is 1160. The monoisotopic (exact) mass is 465 g/mol. The average Bonchev–Trinajstić information content (AvgIpc) is 2.78. The van der Waals surface area contributed by atoms with E-state index in [-0.39, 0.29) is 24.8 Å². The first kappa shape index (κ1) is 24.5. The molecule has 0 aliphatic rings. The molecule has 0 saturated heterocycles. The molecule has 3 aromatic rings. The predicted molar refractivity (Wildman–Crippen MR) is 134 cm³/mol. The Morgan fingerprint density at radius 3 is 2.24 bits per heavy atom. The number of para-hydroxylation sites is 1. The minimum absolute atomic E-state index is 0.137. The number of rotatable bonds is 10. The van der Waals surface area contributed by atoms with E-state index in [0.717, 1.165) is 23.2 Å². The molecule has 33 heavy (non-hydrogen) atoms. The molecule has 0 spiro atoms. The third-order valence-corrected chi connectivity index (χ3v) is 6.57. The van der Waals surface area contributed by atoms with Crippen LogP contribution in [0.4, 0.5) is 11.4 Å². The molecule has 0 aliphatic heterocycles. The van der Waals surface area contributed by atoms with Crippen molar-refractivity contribution in [1.29, 1.82) is 0 Å². The summed E-state index contributed by atoms with van der Waals surface area (Å²) in [6.07, 6.45) is 6.21. The molecule has 2 aromatic carbocycles. The largest absolute Gasteiger partial charge is 0.326 e. The molecule has 0 saturated carbocycles. The Balaban J connectivity index is 1.56. The van der Waals surface area contributed by atoms with E-state index in [2.05, 4.69) is 10.3 Å². The summed E-state index contributed by atoms with van der Waals surface area (Å²) in [5.74, 6) is 0.0535. The van der Waals surface area contributed by atoms with Crippen LogP contribution in [0.1, 0.15) is 49.3 Å². The maximum absolute atomic E-state index is 12.5. The van der Waals surface area contributed by atoms with Crippen LogP contribution in [0.25, 0.3) is 0 Å². The number of pyridine rings is 1. The number of nitrogens with one attached hydrogen (secondary N) is 1. The fourth-order valence-corrected chi connectivity index (χ4v) is 4.70. The normalized spacial score (nSPS) is 11.4. The minimum atomic E-state index is -3.46. The number of anilines is 2. The molecule has 1 aromatic heterocycles. The summed E-state index contributed by atoms with van der Waals surface area (Å²) in [5, 5.41) is 2.90. The Hall–Kier alpha value is -3.19. The summed E-state index contributed by atoms with van der Waals surface area (Å²) >= 11 is 0. The van der Waals surface area contributed by atoms with Gasteiger partial charge in [-0.2, -0.15) is 0 Å². The van der Waals surface area contributed by atoms with Crippen molar-refractivity contribution in [3.8, 4) is 0 Å². The van der Waals surface area contributed by atoms with E-state index in [1.54, 1.807) is 12.4 Å². The van der Waals surface area contributed by atoms with Crippen molar-refractivity contribution in [2.75, 3.05) is 22.4 Å². The number of benzene rings is 2. The number of carbonyl (C=O) groups is 1. The number of sulfonamides is 1. The van der Waals surface area contributed by atoms with Gasteiger partial charge >= 0.3 is 0 Å². The van der Waals surface area contributed by atoms with Crippen molar-refractivity contribution < 1.29 is 13.2 Å². The maximum Gasteiger partial charge on any atom is 0.232 e. The fraction of sp³-hybridized carbons (Fsp3) is 0.308. The number of nitrogens with zero attached hydrogens (tertiary/aromatic N) is 2. The molecule has 174 valence electrons. The van der Waals surface area contributed by atoms with Gasteiger partial charge in [-0.1, -0.05) is 44.2 Å². The van der Waals surface area contributed by atoms with Crippen molar-refractivity contribution in [3.05, 3.63) is 89.7 Å². The Morgan fingerprint density at radius 2 is 1.61 bits per heavy atom. The highest BCUT2D eigenvalue weighted by atomic mass is 32.2. The highest BCUT2D eigenvalue weighted by Crippen LogP contribution is 2.29. The van der Waals surface area contributed by atoms with Crippen LogP contribution in [-0.4, -0.2) is 32.1 Å². The lowest BCUT2D eigenvalue weighted by Crippen LogP contribution is -2.32. The zero-order valence-corrected chi connectivity index (χ0v) is 20.2. The van der Waals surface area contributed by atoms with E-state index in [1.807, 2.05) is 74.5 Å². The van der Waals surface area contributed by atoms with Gasteiger partial charge in [-0.05, 0) is 65.8 Å². The van der Waals surface area contributed by atoms with Crippen molar-refractivity contribution in [2.45, 2.75) is 39.0 Å². The number of hydrogen-bond donors (Lipinski definition) is 1. The third kappa shape index (κ3) is 7.15. The van der Waals surface area contributed by atoms with Crippen LogP contribution in [0.5, 0.6) is 0 Å². The first-order valence-electron chi connectivity index (χ1n) is 11.1. The van der Waals surface area contributed by atoms with Gasteiger partial charge in [0.15, 0.2) is 0 Å². The topological polar surface area (TPSA) is 79.4 Å². The van der Waals surface area contributed by atoms with Crippen molar-refractivity contribution in [3.63, 3.8) is 0 Å². The number of aromatic nitrogens is 1. The standard InChI is InChI=1S/C26H31N3O3S/c1-20(2)24-7-4-5-8-25(24)29(33(3,31)32)18-6-9-26(30)28-23-12-10-21(11-13-23)19-22-14-16-27-17-15-22/h4-5,7-8,10-17,20H,6,9,18-19H2,1-3H3,(H,28,30). The molecule has 1 heterocycles. The van der Waals surface area contributed by atoms with Gasteiger partial charge in [0.1, 0.15) is 0 Å². The molecule has 0 unspecified atom stereocenters. The highest BCUT2D eigenvalue weighted by molar-refractivity contribution is 7.92. The van der Waals surface area contributed by atoms with Crippen LogP contribution >= 0.6 is 0 Å². The first-order chi connectivity index (χ1) is 15.7. The van der Waals surface area contributed by atoms with Crippen LogP contribution in [0.15, 0.2) is 73.1 Å². The lowest BCUT2D eigenvalue weighted by Gasteiger charge is -2.26. The summed E-state index contributed by atoms with van der Waals surface area (Å²) < 4.78 is 26.3. The van der Waals surface area contributed by atoms with Crippen LogP contribution < -0.4 is 9.62 Å². The van der Waals surface area contributed by atoms with Crippen molar-refractivity contribution in [2.24, 2.45) is 0 Å². The van der Waals surface area contributed by atoms with Gasteiger partial charge in [0.2, 0.25) is 15.9 Å². The zero-order valence-electron chi connectivity index (χ0n) is 19.4. The fourth-order valence-electron chi connectivity index (χ4n) is 3.72. The van der Waals surface area contributed by atoms with E-state index in [4.69, 9.17) is 0 Å². The summed E-state index contributed by atoms with van der Waals surface area (Å²) in [6, 6.07) is 19.2. The molecular formula is C26H31N3O3S. The predicted octanol–water partition coefficient (Wildman–Crippen LogP) is 4.98. The van der Waals surface area contributed by atoms with Gasteiger partial charge in [0.05, 0.1) is 11.9 Å². The first-order valence-corrected chi connectivity index (χ1v) is 12.9. The molecule has 0 fully saturated rings. The van der Waals surface area contributed by atoms with E-state index in [0.29, 0.717) is 12.1 Å². The van der Waals surface area contributed by atoms with Gasteiger partial charge < -0.3 is 5.32 Å². The molecular weight excluding hydrogens is 434 g/mol. The highest BCUT2D eigenvalue weighted by Gasteiger charge is 2.21. The molecule has 3 rings (SSSR count). The second kappa shape index (κ2) is 11.1. The van der Waals surface area contributed by atoms with Gasteiger partial charge in [-0.3, -0.25) is 14.1 Å². The quantitative estimate of drug-likeness (QED) is 0.458. The molecule has 1 N–H and O–H groups in total. The van der Waals surface area contributed by atoms with Gasteiger partial charge in [-0.15, -0.1) is 0 Å². The van der Waals surface area contributed by atoms with Crippen LogP contribution in [0.2, 0.25) is 0 Å². The molecule has 0 bridgehead atoms. The van der Waals surface area contributed by atoms with Gasteiger partial charge in [-0.25, -0.2) is 8.42 Å². The third-order valence-electron chi connectivity index (χ3n) is 5.39. The number of carbonyl (C=O) groups excluding carboxylic acids is 1. The smallest absolute Gasteiger partial charge is 0.232 e. The summed E-state index contributed by atoms with van der Waals surface area (Å²) in [5.41, 5.74) is 4.70. The molecule has 1 amide bonds. The Kier molecular flexibility index (Phi) is 8.22. The van der Waals surface area contributed by atoms with E-state index in [9.17, 15) is 13.2 Å². The number of hydrogen-bond acceptors (Lipinski definition) is 4. The average molecular weight is 466 g/mol. The minimum Gasteiger partial charge on any atom is -0.326 e. The van der Waals surface area contributed by atoms with Gasteiger partial charge in [0.25, 0.3) is 0 Å². The van der Waals surface area contributed by atoms with Crippen LogP contribution in [0.3, 0.4) is 0 Å². The summed E-state index contributed by atoms with van der Waals surface area (Å²) in [4.78, 5) is 16.5. The Labute approximate surface area is 196 Å². The van der Waals surface area contributed by atoms with E-state index >= 15 is 0 Å². The second-order valence-electron chi connectivity index (χ2n) is 8.43. The molecule has 7 heteroatoms. The second-order valence-corrected chi connectivity index (χ2v) is 10.3. The molecule has 0 radical (unpaired) electrons. The maximum atomic E-state index is 12.5. The summed E-state index contributed by atoms with van der Waals surface area (Å²) in [6.45, 7) is 4.32.